The van der Waals surface area contributed by atoms with Crippen molar-refractivity contribution in [3.63, 3.8) is 0 Å². The third-order valence-corrected chi connectivity index (χ3v) is 2.72. The molecule has 0 amide bonds. The average Bonchev–Trinajstić information content (AvgIpc) is 2.47. The molecule has 0 saturated carbocycles. The van der Waals surface area contributed by atoms with Gasteiger partial charge in [0.1, 0.15) is 5.75 Å². The number of carbonyl (C=O) groups excluding carboxylic acids is 1. The van der Waals surface area contributed by atoms with E-state index in [1.165, 1.54) is 24.3 Å². The smallest absolute Gasteiger partial charge is 0.343 e. The molecule has 2 aromatic rings. The lowest BCUT2D eigenvalue weighted by Crippen LogP contribution is -2.13. The second-order valence-corrected chi connectivity index (χ2v) is 4.00. The second kappa shape index (κ2) is 5.94. The molecule has 0 aliphatic carbocycles. The van der Waals surface area contributed by atoms with Crippen LogP contribution in [0.4, 0.5) is 5.69 Å². The van der Waals surface area contributed by atoms with Crippen molar-refractivity contribution >= 4 is 11.7 Å². The normalized spacial score (nSPS) is 10.1. The van der Waals surface area contributed by atoms with Crippen LogP contribution < -0.4 is 10.5 Å². The Labute approximate surface area is 114 Å². The lowest BCUT2D eigenvalue weighted by atomic mass is 10.1. The number of hydrogen-bond acceptors (Lipinski definition) is 5. The molecule has 0 aromatic heterocycles. The first kappa shape index (κ1) is 13.7. The molecule has 0 radical (unpaired) electrons. The van der Waals surface area contributed by atoms with E-state index in [9.17, 15) is 14.9 Å². The van der Waals surface area contributed by atoms with Crippen LogP contribution in [-0.2, 0) is 6.54 Å². The number of hydrogen-bond donors (Lipinski definition) is 1. The Morgan fingerprint density at radius 1 is 1.15 bits per heavy atom. The molecule has 20 heavy (non-hydrogen) atoms. The Morgan fingerprint density at radius 2 is 1.80 bits per heavy atom. The molecule has 0 unspecified atom stereocenters. The zero-order valence-corrected chi connectivity index (χ0v) is 10.5. The van der Waals surface area contributed by atoms with Gasteiger partial charge in [0.05, 0.1) is 10.5 Å². The summed E-state index contributed by atoms with van der Waals surface area (Å²) in [6, 6.07) is 12.2. The molecule has 0 aliphatic rings. The van der Waals surface area contributed by atoms with Crippen LogP contribution in [0.15, 0.2) is 48.5 Å². The predicted octanol–water partition coefficient (Wildman–Crippen LogP) is 2.27. The van der Waals surface area contributed by atoms with Crippen molar-refractivity contribution in [2.45, 2.75) is 6.54 Å². The zero-order chi connectivity index (χ0) is 14.5. The second-order valence-electron chi connectivity index (χ2n) is 4.00. The molecular formula is C14H12N2O4. The topological polar surface area (TPSA) is 95.5 Å². The van der Waals surface area contributed by atoms with Crippen molar-refractivity contribution in [3.8, 4) is 5.75 Å². The van der Waals surface area contributed by atoms with E-state index < -0.39 is 10.9 Å². The van der Waals surface area contributed by atoms with Gasteiger partial charge < -0.3 is 10.5 Å². The number of carbonyl (C=O) groups is 1. The average molecular weight is 272 g/mol. The van der Waals surface area contributed by atoms with Crippen LogP contribution in [-0.4, -0.2) is 10.9 Å². The van der Waals surface area contributed by atoms with E-state index in [0.29, 0.717) is 11.1 Å². The summed E-state index contributed by atoms with van der Waals surface area (Å²) < 4.78 is 5.16. The third kappa shape index (κ3) is 2.99. The lowest BCUT2D eigenvalue weighted by molar-refractivity contribution is -0.384. The SMILES string of the molecule is NCc1ccccc1C(=O)Oc1ccc([N+](=O)[O-])cc1. The van der Waals surface area contributed by atoms with Gasteiger partial charge in [-0.1, -0.05) is 18.2 Å². The van der Waals surface area contributed by atoms with Crippen molar-refractivity contribution in [1.82, 2.24) is 0 Å². The molecule has 0 heterocycles. The highest BCUT2D eigenvalue weighted by Crippen LogP contribution is 2.19. The van der Waals surface area contributed by atoms with E-state index in [0.717, 1.165) is 0 Å². The molecule has 0 aliphatic heterocycles. The van der Waals surface area contributed by atoms with E-state index in [1.54, 1.807) is 24.3 Å². The summed E-state index contributed by atoms with van der Waals surface area (Å²) in [6.45, 7) is 0.228. The fourth-order valence-corrected chi connectivity index (χ4v) is 1.70. The van der Waals surface area contributed by atoms with Crippen LogP contribution in [0.25, 0.3) is 0 Å². The molecule has 0 spiro atoms. The van der Waals surface area contributed by atoms with Crippen molar-refractivity contribution in [3.05, 3.63) is 69.8 Å². The summed E-state index contributed by atoms with van der Waals surface area (Å²) in [4.78, 5) is 22.0. The standard InChI is InChI=1S/C14H12N2O4/c15-9-10-3-1-2-4-13(10)14(17)20-12-7-5-11(6-8-12)16(18)19/h1-8H,9,15H2. The fourth-order valence-electron chi connectivity index (χ4n) is 1.70. The van der Waals surface area contributed by atoms with Crippen molar-refractivity contribution in [2.24, 2.45) is 5.73 Å². The van der Waals surface area contributed by atoms with E-state index >= 15 is 0 Å². The van der Waals surface area contributed by atoms with Crippen LogP contribution in [0.2, 0.25) is 0 Å². The molecule has 0 atom stereocenters. The maximum absolute atomic E-state index is 12.0. The van der Waals surface area contributed by atoms with Gasteiger partial charge in [0.25, 0.3) is 5.69 Å². The van der Waals surface area contributed by atoms with Crippen LogP contribution >= 0.6 is 0 Å². The van der Waals surface area contributed by atoms with Gasteiger partial charge in [-0.3, -0.25) is 10.1 Å². The van der Waals surface area contributed by atoms with E-state index in [4.69, 9.17) is 10.5 Å². The number of ether oxygens (including phenoxy) is 1. The van der Waals surface area contributed by atoms with Crippen LogP contribution in [0, 0.1) is 10.1 Å². The largest absolute Gasteiger partial charge is 0.423 e. The first-order valence-corrected chi connectivity index (χ1v) is 5.86. The maximum atomic E-state index is 12.0. The number of nitrogens with two attached hydrogens (primary N) is 1. The van der Waals surface area contributed by atoms with Gasteiger partial charge in [0.2, 0.25) is 0 Å². The minimum absolute atomic E-state index is 0.0628. The molecule has 0 bridgehead atoms. The Hall–Kier alpha value is -2.73. The van der Waals surface area contributed by atoms with E-state index in [-0.39, 0.29) is 18.0 Å². The summed E-state index contributed by atoms with van der Waals surface area (Å²) in [6.07, 6.45) is 0. The van der Waals surface area contributed by atoms with Crippen LogP contribution in [0.1, 0.15) is 15.9 Å². The van der Waals surface area contributed by atoms with Gasteiger partial charge in [-0.25, -0.2) is 4.79 Å². The molecular weight excluding hydrogens is 260 g/mol. The first-order valence-electron chi connectivity index (χ1n) is 5.86. The van der Waals surface area contributed by atoms with Gasteiger partial charge in [-0.15, -0.1) is 0 Å². The summed E-state index contributed by atoms with van der Waals surface area (Å²) in [7, 11) is 0. The Morgan fingerprint density at radius 3 is 2.40 bits per heavy atom. The molecule has 6 nitrogen and oxygen atoms in total. The number of non-ortho nitro benzene ring substituents is 1. The summed E-state index contributed by atoms with van der Waals surface area (Å²) in [5, 5.41) is 10.5. The molecule has 6 heteroatoms. The molecule has 0 fully saturated rings. The van der Waals surface area contributed by atoms with Gasteiger partial charge >= 0.3 is 5.97 Å². The number of esters is 1. The van der Waals surface area contributed by atoms with E-state index in [1.807, 2.05) is 0 Å². The highest BCUT2D eigenvalue weighted by Gasteiger charge is 2.13. The molecule has 0 saturated heterocycles. The van der Waals surface area contributed by atoms with Gasteiger partial charge in [0, 0.05) is 18.7 Å². The van der Waals surface area contributed by atoms with Crippen LogP contribution in [0.3, 0.4) is 0 Å². The predicted molar refractivity (Wildman–Crippen MR) is 72.4 cm³/mol. The van der Waals surface area contributed by atoms with Gasteiger partial charge in [-0.05, 0) is 23.8 Å². The third-order valence-electron chi connectivity index (χ3n) is 2.72. The molecule has 2 N–H and O–H groups in total. The van der Waals surface area contributed by atoms with Crippen molar-refractivity contribution in [1.29, 1.82) is 0 Å². The summed E-state index contributed by atoms with van der Waals surface area (Å²) in [5.41, 5.74) is 6.55. The first-order chi connectivity index (χ1) is 9.61. The quantitative estimate of drug-likeness (QED) is 0.398. The molecule has 102 valence electrons. The van der Waals surface area contributed by atoms with Crippen molar-refractivity contribution < 1.29 is 14.5 Å². The van der Waals surface area contributed by atoms with E-state index in [2.05, 4.69) is 0 Å². The monoisotopic (exact) mass is 272 g/mol. The minimum Gasteiger partial charge on any atom is -0.423 e. The highest BCUT2D eigenvalue weighted by atomic mass is 16.6. The fraction of sp³-hybridized carbons (Fsp3) is 0.0714. The number of benzene rings is 2. The molecule has 2 aromatic carbocycles. The lowest BCUT2D eigenvalue weighted by Gasteiger charge is -2.07. The zero-order valence-electron chi connectivity index (χ0n) is 10.5. The summed E-state index contributed by atoms with van der Waals surface area (Å²) >= 11 is 0. The number of rotatable bonds is 4. The maximum Gasteiger partial charge on any atom is 0.343 e. The number of nitro groups is 1. The Bertz CT molecular complexity index is 638. The van der Waals surface area contributed by atoms with Crippen molar-refractivity contribution in [2.75, 3.05) is 0 Å². The minimum atomic E-state index is -0.542. The van der Waals surface area contributed by atoms with Crippen LogP contribution in [0.5, 0.6) is 5.75 Å². The number of nitro benzene ring substituents is 1. The van der Waals surface area contributed by atoms with Gasteiger partial charge in [-0.2, -0.15) is 0 Å². The Balaban J connectivity index is 2.17. The number of nitrogens with zero attached hydrogens (tertiary/aromatic N) is 1. The Kier molecular flexibility index (Phi) is 4.07. The highest BCUT2D eigenvalue weighted by molar-refractivity contribution is 5.92. The molecule has 2 rings (SSSR count). The van der Waals surface area contributed by atoms with Gasteiger partial charge in [0.15, 0.2) is 0 Å². The summed E-state index contributed by atoms with van der Waals surface area (Å²) in [5.74, 6) is -0.299.